The quantitative estimate of drug-likeness (QED) is 0.608. The van der Waals surface area contributed by atoms with E-state index >= 15 is 0 Å². The van der Waals surface area contributed by atoms with Crippen LogP contribution >= 0.6 is 23.4 Å². The van der Waals surface area contributed by atoms with Gasteiger partial charge in [-0.15, -0.1) is 18.2 Å². The summed E-state index contributed by atoms with van der Waals surface area (Å²) in [6.07, 6.45) is 6.04. The van der Waals surface area contributed by atoms with Crippen LogP contribution in [0.25, 0.3) is 0 Å². The highest BCUT2D eigenvalue weighted by atomic mass is 35.5. The minimum absolute atomic E-state index is 0.749. The number of thioether (sulfide) groups is 1. The molecule has 0 spiro atoms. The van der Waals surface area contributed by atoms with E-state index < -0.39 is 0 Å². The molecule has 0 saturated heterocycles. The van der Waals surface area contributed by atoms with Gasteiger partial charge >= 0.3 is 0 Å². The number of terminal acetylenes is 1. The van der Waals surface area contributed by atoms with Gasteiger partial charge in [0.1, 0.15) is 0 Å². The molecule has 94 valence electrons. The molecule has 0 bridgehead atoms. The van der Waals surface area contributed by atoms with Crippen molar-refractivity contribution in [1.82, 2.24) is 15.1 Å². The largest absolute Gasteiger partial charge is 0.310 e. The zero-order valence-electron chi connectivity index (χ0n) is 10.3. The van der Waals surface area contributed by atoms with Crippen LogP contribution in [0, 0.1) is 12.3 Å². The van der Waals surface area contributed by atoms with Gasteiger partial charge in [0.2, 0.25) is 0 Å². The number of hydrogen-bond acceptors (Lipinski definition) is 3. The maximum atomic E-state index is 6.24. The molecule has 0 fully saturated rings. The summed E-state index contributed by atoms with van der Waals surface area (Å²) in [5.41, 5.74) is 2.01. The first-order chi connectivity index (χ1) is 8.20. The van der Waals surface area contributed by atoms with E-state index in [0.29, 0.717) is 0 Å². The molecule has 0 aliphatic heterocycles. The third-order valence-corrected chi connectivity index (χ3v) is 3.70. The second kappa shape index (κ2) is 7.65. The summed E-state index contributed by atoms with van der Waals surface area (Å²) in [5.74, 6) is 4.39. The highest BCUT2D eigenvalue weighted by molar-refractivity contribution is 7.99. The second-order valence-electron chi connectivity index (χ2n) is 3.62. The lowest BCUT2D eigenvalue weighted by atomic mass is 10.3. The molecule has 17 heavy (non-hydrogen) atoms. The van der Waals surface area contributed by atoms with Gasteiger partial charge in [-0.1, -0.05) is 24.4 Å². The number of nitrogens with one attached hydrogen (secondary N) is 1. The van der Waals surface area contributed by atoms with Crippen molar-refractivity contribution in [3.63, 3.8) is 0 Å². The summed E-state index contributed by atoms with van der Waals surface area (Å²) in [4.78, 5) is 0. The van der Waals surface area contributed by atoms with Crippen molar-refractivity contribution in [2.45, 2.75) is 19.9 Å². The van der Waals surface area contributed by atoms with Crippen LogP contribution < -0.4 is 5.32 Å². The van der Waals surface area contributed by atoms with E-state index in [1.54, 1.807) is 11.8 Å². The van der Waals surface area contributed by atoms with Crippen molar-refractivity contribution in [3.8, 4) is 12.3 Å². The molecular weight excluding hydrogens is 254 g/mol. The molecule has 0 aliphatic carbocycles. The standard InChI is InChI=1S/C12H18ClN3S/c1-4-7-17-8-6-14-9-11-12(13)10(5-2)15-16(11)3/h1,14H,5-9H2,2-3H3. The molecule has 1 aromatic rings. The summed E-state index contributed by atoms with van der Waals surface area (Å²) < 4.78 is 1.85. The maximum absolute atomic E-state index is 6.24. The van der Waals surface area contributed by atoms with Gasteiger partial charge in [0.15, 0.2) is 0 Å². The summed E-state index contributed by atoms with van der Waals surface area (Å²) in [6, 6.07) is 0. The molecule has 0 atom stereocenters. The summed E-state index contributed by atoms with van der Waals surface area (Å²) in [7, 11) is 1.93. The Morgan fingerprint density at radius 3 is 2.94 bits per heavy atom. The number of hydrogen-bond donors (Lipinski definition) is 1. The van der Waals surface area contributed by atoms with Crippen LogP contribution in [0.4, 0.5) is 0 Å². The first-order valence-corrected chi connectivity index (χ1v) is 7.16. The third-order valence-electron chi connectivity index (χ3n) is 2.40. The third kappa shape index (κ3) is 4.27. The smallest absolute Gasteiger partial charge is 0.0863 e. The average molecular weight is 272 g/mol. The minimum atomic E-state index is 0.749. The molecule has 5 heteroatoms. The molecule has 1 heterocycles. The van der Waals surface area contributed by atoms with E-state index in [4.69, 9.17) is 18.0 Å². The van der Waals surface area contributed by atoms with Crippen LogP contribution in [0.1, 0.15) is 18.3 Å². The van der Waals surface area contributed by atoms with Crippen molar-refractivity contribution < 1.29 is 0 Å². The van der Waals surface area contributed by atoms with Crippen molar-refractivity contribution in [3.05, 3.63) is 16.4 Å². The highest BCUT2D eigenvalue weighted by Crippen LogP contribution is 2.20. The first kappa shape index (κ1) is 14.4. The summed E-state index contributed by atoms with van der Waals surface area (Å²) in [5, 5.41) is 8.51. The van der Waals surface area contributed by atoms with E-state index in [9.17, 15) is 0 Å². The molecule has 1 aromatic heterocycles. The molecule has 1 rings (SSSR count). The number of nitrogens with zero attached hydrogens (tertiary/aromatic N) is 2. The molecule has 0 aliphatic rings. The minimum Gasteiger partial charge on any atom is -0.310 e. The Morgan fingerprint density at radius 2 is 2.35 bits per heavy atom. The van der Waals surface area contributed by atoms with Gasteiger partial charge in [-0.3, -0.25) is 4.68 Å². The molecule has 0 unspecified atom stereocenters. The molecule has 0 amide bonds. The van der Waals surface area contributed by atoms with Crippen molar-refractivity contribution in [2.24, 2.45) is 7.05 Å². The fourth-order valence-electron chi connectivity index (χ4n) is 1.49. The van der Waals surface area contributed by atoms with Gasteiger partial charge < -0.3 is 5.32 Å². The number of rotatable bonds is 7. The topological polar surface area (TPSA) is 29.9 Å². The Labute approximate surface area is 112 Å². The maximum Gasteiger partial charge on any atom is 0.0863 e. The van der Waals surface area contributed by atoms with Gasteiger partial charge in [0, 0.05) is 25.9 Å². The highest BCUT2D eigenvalue weighted by Gasteiger charge is 2.11. The Bertz CT molecular complexity index is 395. The molecule has 0 radical (unpaired) electrons. The van der Waals surface area contributed by atoms with Crippen LogP contribution in [0.5, 0.6) is 0 Å². The van der Waals surface area contributed by atoms with Gasteiger partial charge in [-0.2, -0.15) is 5.10 Å². The fourth-order valence-corrected chi connectivity index (χ4v) is 2.41. The van der Waals surface area contributed by atoms with E-state index in [2.05, 4.69) is 23.3 Å². The fraction of sp³-hybridized carbons (Fsp3) is 0.583. The molecule has 0 saturated carbocycles. The number of aryl methyl sites for hydroxylation is 2. The van der Waals surface area contributed by atoms with Crippen LogP contribution in [0.15, 0.2) is 0 Å². The number of halogens is 1. The van der Waals surface area contributed by atoms with Crippen LogP contribution in [0.3, 0.4) is 0 Å². The van der Waals surface area contributed by atoms with Crippen LogP contribution in [0.2, 0.25) is 5.02 Å². The molecular formula is C12H18ClN3S. The van der Waals surface area contributed by atoms with E-state index in [1.165, 1.54) is 0 Å². The lowest BCUT2D eigenvalue weighted by Crippen LogP contribution is -2.18. The first-order valence-electron chi connectivity index (χ1n) is 5.62. The van der Waals surface area contributed by atoms with Crippen LogP contribution in [-0.2, 0) is 20.0 Å². The SMILES string of the molecule is C#CCSCCNCc1c(Cl)c(CC)nn1C. The Morgan fingerprint density at radius 1 is 1.59 bits per heavy atom. The van der Waals surface area contributed by atoms with E-state index in [-0.39, 0.29) is 0 Å². The summed E-state index contributed by atoms with van der Waals surface area (Å²) in [6.45, 7) is 3.73. The normalized spacial score (nSPS) is 10.5. The zero-order valence-corrected chi connectivity index (χ0v) is 11.9. The molecule has 3 nitrogen and oxygen atoms in total. The molecule has 0 aromatic carbocycles. The monoisotopic (exact) mass is 271 g/mol. The van der Waals surface area contributed by atoms with Crippen LogP contribution in [-0.4, -0.2) is 27.8 Å². The molecule has 1 N–H and O–H groups in total. The van der Waals surface area contributed by atoms with Gasteiger partial charge in [0.25, 0.3) is 0 Å². The predicted octanol–water partition coefficient (Wildman–Crippen LogP) is 2.09. The van der Waals surface area contributed by atoms with Gasteiger partial charge in [-0.05, 0) is 6.42 Å². The van der Waals surface area contributed by atoms with Gasteiger partial charge in [0.05, 0.1) is 22.2 Å². The van der Waals surface area contributed by atoms with Crippen molar-refractivity contribution in [2.75, 3.05) is 18.1 Å². The number of aromatic nitrogens is 2. The van der Waals surface area contributed by atoms with E-state index in [0.717, 1.165) is 47.4 Å². The Kier molecular flexibility index (Phi) is 6.49. The zero-order chi connectivity index (χ0) is 12.7. The summed E-state index contributed by atoms with van der Waals surface area (Å²) >= 11 is 7.99. The average Bonchev–Trinajstić information content (AvgIpc) is 2.60. The van der Waals surface area contributed by atoms with Crippen molar-refractivity contribution >= 4 is 23.4 Å². The van der Waals surface area contributed by atoms with Gasteiger partial charge in [-0.25, -0.2) is 0 Å². The van der Waals surface area contributed by atoms with Crippen molar-refractivity contribution in [1.29, 1.82) is 0 Å². The second-order valence-corrected chi connectivity index (χ2v) is 5.10. The lowest BCUT2D eigenvalue weighted by molar-refractivity contribution is 0.641. The predicted molar refractivity (Wildman–Crippen MR) is 75.5 cm³/mol. The van der Waals surface area contributed by atoms with E-state index in [1.807, 2.05) is 11.7 Å². The lowest BCUT2D eigenvalue weighted by Gasteiger charge is -2.05. The Hall–Kier alpha value is -0.630. The Balaban J connectivity index is 2.37.